The Morgan fingerprint density at radius 2 is 2.08 bits per heavy atom. The summed E-state index contributed by atoms with van der Waals surface area (Å²) >= 11 is 1.37. The van der Waals surface area contributed by atoms with Gasteiger partial charge in [-0.05, 0) is 53.9 Å². The lowest BCUT2D eigenvalue weighted by molar-refractivity contribution is 0.0878. The van der Waals surface area contributed by atoms with Crippen molar-refractivity contribution in [1.29, 1.82) is 0 Å². The zero-order valence-electron chi connectivity index (χ0n) is 13.2. The molecule has 0 saturated carbocycles. The summed E-state index contributed by atoms with van der Waals surface area (Å²) in [4.78, 5) is 29.3. The highest BCUT2D eigenvalue weighted by molar-refractivity contribution is 7.12. The third kappa shape index (κ3) is 3.25. The maximum atomic E-state index is 12.5. The van der Waals surface area contributed by atoms with E-state index >= 15 is 0 Å². The van der Waals surface area contributed by atoms with Gasteiger partial charge >= 0.3 is 5.69 Å². The van der Waals surface area contributed by atoms with Gasteiger partial charge in [-0.1, -0.05) is 6.07 Å². The highest BCUT2D eigenvalue weighted by Crippen LogP contribution is 2.10. The van der Waals surface area contributed by atoms with Crippen molar-refractivity contribution in [2.45, 2.75) is 26.4 Å². The van der Waals surface area contributed by atoms with Crippen molar-refractivity contribution in [3.8, 4) is 5.00 Å². The third-order valence-electron chi connectivity index (χ3n) is 3.14. The number of hydrogen-bond acceptors (Lipinski definition) is 6. The van der Waals surface area contributed by atoms with Gasteiger partial charge in [0.1, 0.15) is 17.0 Å². The fourth-order valence-corrected chi connectivity index (χ4v) is 2.79. The average molecular weight is 344 g/mol. The molecular formula is C15H16N6O2S. The van der Waals surface area contributed by atoms with Crippen LogP contribution in [-0.2, 0) is 6.54 Å². The molecule has 0 radical (unpaired) electrons. The van der Waals surface area contributed by atoms with Gasteiger partial charge in [-0.25, -0.2) is 4.79 Å². The SMILES string of the molecule is CC(C)N=c1ccccn1C(=O)Cn1nnn(-c2cccs2)c1=O. The van der Waals surface area contributed by atoms with Crippen LogP contribution in [0, 0.1) is 0 Å². The van der Waals surface area contributed by atoms with Gasteiger partial charge in [0, 0.05) is 12.2 Å². The third-order valence-corrected chi connectivity index (χ3v) is 3.98. The van der Waals surface area contributed by atoms with E-state index in [2.05, 4.69) is 15.4 Å². The highest BCUT2D eigenvalue weighted by atomic mass is 32.1. The van der Waals surface area contributed by atoms with Crippen LogP contribution in [0.1, 0.15) is 18.6 Å². The molecule has 0 aliphatic rings. The van der Waals surface area contributed by atoms with Crippen LogP contribution in [-0.4, -0.2) is 36.3 Å². The summed E-state index contributed by atoms with van der Waals surface area (Å²) in [7, 11) is 0. The number of hydrogen-bond donors (Lipinski definition) is 0. The lowest BCUT2D eigenvalue weighted by Crippen LogP contribution is -2.34. The van der Waals surface area contributed by atoms with E-state index in [9.17, 15) is 9.59 Å². The first kappa shape index (κ1) is 16.1. The second-order valence-electron chi connectivity index (χ2n) is 5.33. The molecule has 3 aromatic rings. The zero-order valence-corrected chi connectivity index (χ0v) is 14.1. The molecule has 0 spiro atoms. The lowest BCUT2D eigenvalue weighted by Gasteiger charge is -2.06. The van der Waals surface area contributed by atoms with Crippen LogP contribution in [0.25, 0.3) is 5.00 Å². The number of tetrazole rings is 1. The van der Waals surface area contributed by atoms with Crippen molar-refractivity contribution < 1.29 is 4.79 Å². The molecule has 0 fully saturated rings. The van der Waals surface area contributed by atoms with Crippen LogP contribution in [0.4, 0.5) is 0 Å². The van der Waals surface area contributed by atoms with Crippen LogP contribution in [0.3, 0.4) is 0 Å². The molecule has 8 nitrogen and oxygen atoms in total. The van der Waals surface area contributed by atoms with E-state index in [4.69, 9.17) is 0 Å². The van der Waals surface area contributed by atoms with Crippen molar-refractivity contribution in [2.24, 2.45) is 4.99 Å². The highest BCUT2D eigenvalue weighted by Gasteiger charge is 2.14. The summed E-state index contributed by atoms with van der Waals surface area (Å²) < 4.78 is 3.63. The molecule has 3 rings (SSSR count). The molecule has 0 atom stereocenters. The van der Waals surface area contributed by atoms with Crippen LogP contribution in [0.5, 0.6) is 0 Å². The second-order valence-corrected chi connectivity index (χ2v) is 6.25. The molecule has 0 amide bonds. The van der Waals surface area contributed by atoms with E-state index in [1.165, 1.54) is 20.6 Å². The van der Waals surface area contributed by atoms with Crippen molar-refractivity contribution in [1.82, 2.24) is 24.4 Å². The fraction of sp³-hybridized carbons (Fsp3) is 0.267. The molecule has 0 N–H and O–H groups in total. The van der Waals surface area contributed by atoms with E-state index in [1.807, 2.05) is 31.4 Å². The van der Waals surface area contributed by atoms with Crippen LogP contribution < -0.4 is 11.2 Å². The Hall–Kier alpha value is -2.81. The van der Waals surface area contributed by atoms with Crippen LogP contribution in [0.15, 0.2) is 51.7 Å². The van der Waals surface area contributed by atoms with Crippen molar-refractivity contribution in [3.05, 3.63) is 57.9 Å². The molecule has 24 heavy (non-hydrogen) atoms. The van der Waals surface area contributed by atoms with Gasteiger partial charge in [0.05, 0.1) is 0 Å². The Bertz CT molecular complexity index is 964. The Morgan fingerprint density at radius 3 is 2.79 bits per heavy atom. The van der Waals surface area contributed by atoms with E-state index < -0.39 is 5.69 Å². The Morgan fingerprint density at radius 1 is 1.25 bits per heavy atom. The maximum Gasteiger partial charge on any atom is 0.369 e. The minimum atomic E-state index is -0.454. The summed E-state index contributed by atoms with van der Waals surface area (Å²) in [6.07, 6.45) is 1.62. The normalized spacial score (nSPS) is 12.0. The first-order chi connectivity index (χ1) is 11.6. The van der Waals surface area contributed by atoms with Crippen molar-refractivity contribution >= 4 is 17.2 Å². The van der Waals surface area contributed by atoms with Crippen LogP contribution in [0.2, 0.25) is 0 Å². The molecule has 0 unspecified atom stereocenters. The van der Waals surface area contributed by atoms with Gasteiger partial charge in [-0.15, -0.1) is 11.3 Å². The number of pyridine rings is 1. The van der Waals surface area contributed by atoms with Crippen molar-refractivity contribution in [2.75, 3.05) is 0 Å². The summed E-state index contributed by atoms with van der Waals surface area (Å²) in [6, 6.07) is 8.93. The fourth-order valence-electron chi connectivity index (χ4n) is 2.12. The molecule has 3 heterocycles. The number of nitrogens with zero attached hydrogens (tertiary/aromatic N) is 6. The average Bonchev–Trinajstić information content (AvgIpc) is 3.18. The predicted octanol–water partition coefficient (Wildman–Crippen LogP) is 0.941. The Labute approximate surface area is 141 Å². The van der Waals surface area contributed by atoms with E-state index in [0.717, 1.165) is 4.68 Å². The molecule has 0 saturated heterocycles. The van der Waals surface area contributed by atoms with Crippen molar-refractivity contribution in [3.63, 3.8) is 0 Å². The molecular weight excluding hydrogens is 328 g/mol. The van der Waals surface area contributed by atoms with Gasteiger partial charge in [0.15, 0.2) is 0 Å². The largest absolute Gasteiger partial charge is 0.369 e. The Kier molecular flexibility index (Phi) is 4.52. The number of rotatable bonds is 4. The number of carbonyl (C=O) groups is 1. The summed E-state index contributed by atoms with van der Waals surface area (Å²) in [5, 5.41) is 10.1. The number of thiophene rings is 1. The molecule has 0 aliphatic carbocycles. The quantitative estimate of drug-likeness (QED) is 0.705. The number of aromatic nitrogens is 5. The molecule has 3 aromatic heterocycles. The number of carbonyl (C=O) groups excluding carboxylic acids is 1. The first-order valence-corrected chi connectivity index (χ1v) is 8.25. The van der Waals surface area contributed by atoms with E-state index in [-0.39, 0.29) is 18.5 Å². The summed E-state index contributed by atoms with van der Waals surface area (Å²) in [6.45, 7) is 3.65. The first-order valence-electron chi connectivity index (χ1n) is 7.37. The maximum absolute atomic E-state index is 12.5. The second kappa shape index (κ2) is 6.75. The molecule has 0 aromatic carbocycles. The molecule has 9 heteroatoms. The summed E-state index contributed by atoms with van der Waals surface area (Å²) in [5.74, 6) is -0.310. The topological polar surface area (TPSA) is 87.1 Å². The predicted molar refractivity (Wildman–Crippen MR) is 89.3 cm³/mol. The van der Waals surface area contributed by atoms with Gasteiger partial charge in [-0.3, -0.25) is 14.4 Å². The zero-order chi connectivity index (χ0) is 17.1. The van der Waals surface area contributed by atoms with Gasteiger partial charge < -0.3 is 0 Å². The lowest BCUT2D eigenvalue weighted by atomic mass is 10.4. The van der Waals surface area contributed by atoms with Gasteiger partial charge in [-0.2, -0.15) is 9.36 Å². The molecule has 0 bridgehead atoms. The smallest absolute Gasteiger partial charge is 0.272 e. The van der Waals surface area contributed by atoms with E-state index in [0.29, 0.717) is 10.5 Å². The molecule has 0 aliphatic heterocycles. The summed E-state index contributed by atoms with van der Waals surface area (Å²) in [5.41, 5.74) is 0.0841. The minimum Gasteiger partial charge on any atom is -0.272 e. The van der Waals surface area contributed by atoms with Crippen LogP contribution >= 0.6 is 11.3 Å². The molecule has 124 valence electrons. The van der Waals surface area contributed by atoms with Gasteiger partial charge in [0.25, 0.3) is 5.91 Å². The monoisotopic (exact) mass is 344 g/mol. The Balaban J connectivity index is 1.91. The van der Waals surface area contributed by atoms with E-state index in [1.54, 1.807) is 24.4 Å². The van der Waals surface area contributed by atoms with Gasteiger partial charge in [0.2, 0.25) is 0 Å². The standard InChI is InChI=1S/C15H16N6O2S/c1-11(2)16-12-6-3-4-8-19(12)13(22)10-20-15(23)21(18-17-20)14-7-5-9-24-14/h3-9,11H,10H2,1-2H3. The minimum absolute atomic E-state index is 0.0499.